The molecule has 2 fully saturated rings. The lowest BCUT2D eigenvalue weighted by Crippen LogP contribution is -2.47. The van der Waals surface area contributed by atoms with E-state index in [9.17, 15) is 9.65 Å². The van der Waals surface area contributed by atoms with E-state index in [0.717, 1.165) is 24.9 Å². The van der Waals surface area contributed by atoms with Crippen molar-refractivity contribution in [3.05, 3.63) is 41.8 Å². The normalized spacial score (nSPS) is 17.7. The lowest BCUT2D eigenvalue weighted by molar-refractivity contribution is 0.122. The predicted octanol–water partition coefficient (Wildman–Crippen LogP) is 1.65. The van der Waals surface area contributed by atoms with Crippen LogP contribution in [-0.4, -0.2) is 62.5 Å². The Balaban J connectivity index is 1.46. The van der Waals surface area contributed by atoms with E-state index in [2.05, 4.69) is 20.9 Å². The molecular weight excluding hydrogens is 347 g/mol. The molecule has 2 aliphatic rings. The molecule has 0 aliphatic carbocycles. The third-order valence-electron chi connectivity index (χ3n) is 4.95. The summed E-state index contributed by atoms with van der Waals surface area (Å²) in [4.78, 5) is 15.3. The minimum atomic E-state index is -0.348. The number of benzene rings is 1. The molecule has 7 nitrogen and oxygen atoms in total. The number of morpholine rings is 1. The molecule has 1 aromatic heterocycles. The molecule has 0 saturated carbocycles. The Labute approximate surface area is 157 Å². The van der Waals surface area contributed by atoms with Crippen molar-refractivity contribution in [1.29, 1.82) is 5.26 Å². The quantitative estimate of drug-likeness (QED) is 0.816. The van der Waals surface area contributed by atoms with Crippen molar-refractivity contribution < 1.29 is 9.13 Å². The maximum Gasteiger partial charge on any atom is 0.227 e. The van der Waals surface area contributed by atoms with E-state index in [1.165, 1.54) is 6.07 Å². The second kappa shape index (κ2) is 7.76. The average molecular weight is 368 g/mol. The van der Waals surface area contributed by atoms with Crippen LogP contribution < -0.4 is 14.7 Å². The minimum Gasteiger partial charge on any atom is -0.378 e. The van der Waals surface area contributed by atoms with Gasteiger partial charge in [0, 0.05) is 45.5 Å². The molecule has 0 amide bonds. The number of hydrogen-bond acceptors (Lipinski definition) is 7. The molecule has 2 aromatic rings. The first kappa shape index (κ1) is 17.5. The van der Waals surface area contributed by atoms with Gasteiger partial charge < -0.3 is 19.4 Å². The SMILES string of the molecule is N#Cc1cccc(F)c1N1CCN(c2ccnc(N3CCOCC3)n2)CC1. The van der Waals surface area contributed by atoms with Crippen molar-refractivity contribution in [1.82, 2.24) is 9.97 Å². The molecule has 0 bridgehead atoms. The Morgan fingerprint density at radius 1 is 0.963 bits per heavy atom. The number of piperazine rings is 1. The molecule has 0 atom stereocenters. The molecule has 140 valence electrons. The zero-order valence-electron chi connectivity index (χ0n) is 15.0. The summed E-state index contributed by atoms with van der Waals surface area (Å²) in [6.07, 6.45) is 1.78. The molecule has 2 saturated heterocycles. The van der Waals surface area contributed by atoms with Gasteiger partial charge in [-0.15, -0.1) is 0 Å². The van der Waals surface area contributed by atoms with Gasteiger partial charge in [0.15, 0.2) is 0 Å². The number of ether oxygens (including phenoxy) is 1. The number of para-hydroxylation sites is 1. The highest BCUT2D eigenvalue weighted by atomic mass is 19.1. The Bertz CT molecular complexity index is 840. The molecule has 0 unspecified atom stereocenters. The smallest absolute Gasteiger partial charge is 0.227 e. The summed E-state index contributed by atoms with van der Waals surface area (Å²) in [5.41, 5.74) is 0.774. The molecular formula is C19H21FN6O. The first-order valence-corrected chi connectivity index (χ1v) is 9.10. The van der Waals surface area contributed by atoms with E-state index >= 15 is 0 Å². The molecule has 4 rings (SSSR count). The second-order valence-corrected chi connectivity index (χ2v) is 6.54. The van der Waals surface area contributed by atoms with Gasteiger partial charge >= 0.3 is 0 Å². The van der Waals surface area contributed by atoms with Crippen LogP contribution >= 0.6 is 0 Å². The Morgan fingerprint density at radius 3 is 2.44 bits per heavy atom. The van der Waals surface area contributed by atoms with Crippen LogP contribution in [0.1, 0.15) is 5.56 Å². The number of halogens is 1. The van der Waals surface area contributed by atoms with E-state index < -0.39 is 0 Å². The van der Waals surface area contributed by atoms with Crippen molar-refractivity contribution in [3.63, 3.8) is 0 Å². The van der Waals surface area contributed by atoms with Gasteiger partial charge in [-0.25, -0.2) is 9.37 Å². The van der Waals surface area contributed by atoms with E-state index in [4.69, 9.17) is 9.72 Å². The summed E-state index contributed by atoms with van der Waals surface area (Å²) in [6.45, 7) is 5.64. The highest BCUT2D eigenvalue weighted by molar-refractivity contribution is 5.61. The molecule has 2 aliphatic heterocycles. The summed E-state index contributed by atoms with van der Waals surface area (Å²) in [6, 6.07) is 8.63. The van der Waals surface area contributed by atoms with Gasteiger partial charge in [-0.2, -0.15) is 10.2 Å². The second-order valence-electron chi connectivity index (χ2n) is 6.54. The van der Waals surface area contributed by atoms with E-state index in [1.54, 1.807) is 18.3 Å². The molecule has 0 spiro atoms. The zero-order valence-corrected chi connectivity index (χ0v) is 15.0. The minimum absolute atomic E-state index is 0.348. The maximum absolute atomic E-state index is 14.3. The Morgan fingerprint density at radius 2 is 1.70 bits per heavy atom. The summed E-state index contributed by atoms with van der Waals surface area (Å²) in [7, 11) is 0. The van der Waals surface area contributed by atoms with Crippen molar-refractivity contribution >= 4 is 17.5 Å². The molecule has 3 heterocycles. The van der Waals surface area contributed by atoms with Crippen LogP contribution in [0.3, 0.4) is 0 Å². The monoisotopic (exact) mass is 368 g/mol. The van der Waals surface area contributed by atoms with Crippen LogP contribution in [0.5, 0.6) is 0 Å². The molecule has 0 radical (unpaired) electrons. The van der Waals surface area contributed by atoms with E-state index in [1.807, 2.05) is 11.0 Å². The van der Waals surface area contributed by atoms with Crippen LogP contribution in [-0.2, 0) is 4.74 Å². The largest absolute Gasteiger partial charge is 0.378 e. The van der Waals surface area contributed by atoms with Crippen molar-refractivity contribution in [2.24, 2.45) is 0 Å². The standard InChI is InChI=1S/C19H21FN6O/c20-16-3-1-2-15(14-21)18(16)25-8-6-24(7-9-25)17-4-5-22-19(23-17)26-10-12-27-13-11-26/h1-5H,6-13H2. The first-order valence-electron chi connectivity index (χ1n) is 9.10. The van der Waals surface area contributed by atoms with Crippen LogP contribution in [0.15, 0.2) is 30.5 Å². The highest BCUT2D eigenvalue weighted by Gasteiger charge is 2.23. The maximum atomic E-state index is 14.3. The highest BCUT2D eigenvalue weighted by Crippen LogP contribution is 2.26. The van der Waals surface area contributed by atoms with Crippen LogP contribution in [0.2, 0.25) is 0 Å². The van der Waals surface area contributed by atoms with E-state index in [0.29, 0.717) is 50.6 Å². The number of aromatic nitrogens is 2. The molecule has 0 N–H and O–H groups in total. The summed E-state index contributed by atoms with van der Waals surface area (Å²) >= 11 is 0. The summed E-state index contributed by atoms with van der Waals surface area (Å²) in [5.74, 6) is 1.25. The lowest BCUT2D eigenvalue weighted by atomic mass is 10.1. The summed E-state index contributed by atoms with van der Waals surface area (Å²) in [5, 5.41) is 9.27. The van der Waals surface area contributed by atoms with Gasteiger partial charge in [0.2, 0.25) is 5.95 Å². The van der Waals surface area contributed by atoms with Crippen molar-refractivity contribution in [3.8, 4) is 6.07 Å². The van der Waals surface area contributed by atoms with Crippen LogP contribution in [0.25, 0.3) is 0 Å². The fraction of sp³-hybridized carbons (Fsp3) is 0.421. The van der Waals surface area contributed by atoms with Gasteiger partial charge in [-0.3, -0.25) is 0 Å². The number of nitrogens with zero attached hydrogens (tertiary/aromatic N) is 6. The third-order valence-corrected chi connectivity index (χ3v) is 4.95. The number of rotatable bonds is 3. The first-order chi connectivity index (χ1) is 13.3. The van der Waals surface area contributed by atoms with Gasteiger partial charge in [0.05, 0.1) is 24.5 Å². The van der Waals surface area contributed by atoms with Gasteiger partial charge in [-0.1, -0.05) is 6.07 Å². The number of anilines is 3. The fourth-order valence-corrected chi connectivity index (χ4v) is 3.52. The molecule has 8 heteroatoms. The zero-order chi connectivity index (χ0) is 18.6. The van der Waals surface area contributed by atoms with Gasteiger partial charge in [-0.05, 0) is 18.2 Å². The predicted molar refractivity (Wildman–Crippen MR) is 101 cm³/mol. The number of hydrogen-bond donors (Lipinski definition) is 0. The van der Waals surface area contributed by atoms with Crippen molar-refractivity contribution in [2.45, 2.75) is 0 Å². The fourth-order valence-electron chi connectivity index (χ4n) is 3.52. The van der Waals surface area contributed by atoms with E-state index in [-0.39, 0.29) is 5.82 Å². The topological polar surface area (TPSA) is 68.5 Å². The van der Waals surface area contributed by atoms with Crippen molar-refractivity contribution in [2.75, 3.05) is 67.2 Å². The van der Waals surface area contributed by atoms with Crippen LogP contribution in [0, 0.1) is 17.1 Å². The Hall–Kier alpha value is -2.92. The average Bonchev–Trinajstić information content (AvgIpc) is 2.74. The Kier molecular flexibility index (Phi) is 5.03. The lowest BCUT2D eigenvalue weighted by Gasteiger charge is -2.37. The van der Waals surface area contributed by atoms with Crippen LogP contribution in [0.4, 0.5) is 21.8 Å². The molecule has 1 aromatic carbocycles. The third kappa shape index (κ3) is 3.64. The van der Waals surface area contributed by atoms with Gasteiger partial charge in [0.1, 0.15) is 17.7 Å². The van der Waals surface area contributed by atoms with Gasteiger partial charge in [0.25, 0.3) is 0 Å². The molecule has 27 heavy (non-hydrogen) atoms. The number of nitriles is 1. The summed E-state index contributed by atoms with van der Waals surface area (Å²) < 4.78 is 19.6.